The molecule has 4 N–H and O–H groups in total. The van der Waals surface area contributed by atoms with Crippen LogP contribution in [0, 0.1) is 5.41 Å². The van der Waals surface area contributed by atoms with E-state index >= 15 is 0 Å². The normalized spacial score (nSPS) is 15.1. The average Bonchev–Trinajstić information content (AvgIpc) is 3.00. The van der Waals surface area contributed by atoms with E-state index in [4.69, 9.17) is 20.9 Å². The SMILES string of the molecule is CC(C)(N)CC(N)C(C)(C)C(=O)OCCCOc1ccc2c(c1)CCCC(c1ccccc1)=C2. The molecule has 1 unspecified atom stereocenters. The van der Waals surface area contributed by atoms with Gasteiger partial charge in [0.05, 0.1) is 18.6 Å². The van der Waals surface area contributed by atoms with Crippen LogP contribution < -0.4 is 16.2 Å². The Labute approximate surface area is 204 Å². The van der Waals surface area contributed by atoms with Crippen molar-refractivity contribution in [3.63, 3.8) is 0 Å². The van der Waals surface area contributed by atoms with Crippen LogP contribution in [0.25, 0.3) is 11.6 Å². The van der Waals surface area contributed by atoms with Gasteiger partial charge in [0, 0.05) is 18.0 Å². The van der Waals surface area contributed by atoms with Crippen LogP contribution in [0.4, 0.5) is 0 Å². The minimum atomic E-state index is -0.791. The second-order valence-electron chi connectivity index (χ2n) is 10.6. The zero-order chi connectivity index (χ0) is 24.8. The van der Waals surface area contributed by atoms with E-state index in [1.165, 1.54) is 22.3 Å². The maximum Gasteiger partial charge on any atom is 0.313 e. The van der Waals surface area contributed by atoms with Gasteiger partial charge < -0.3 is 20.9 Å². The highest BCUT2D eigenvalue weighted by Crippen LogP contribution is 2.31. The Bertz CT molecular complexity index is 990. The minimum absolute atomic E-state index is 0.296. The summed E-state index contributed by atoms with van der Waals surface area (Å²) in [5, 5.41) is 0. The molecular weight excluding hydrogens is 424 g/mol. The zero-order valence-electron chi connectivity index (χ0n) is 21.1. The molecule has 1 aliphatic carbocycles. The summed E-state index contributed by atoms with van der Waals surface area (Å²) < 4.78 is 11.4. The van der Waals surface area contributed by atoms with E-state index in [0.717, 1.165) is 25.0 Å². The van der Waals surface area contributed by atoms with Crippen molar-refractivity contribution in [1.82, 2.24) is 0 Å². The quantitative estimate of drug-likeness (QED) is 0.365. The van der Waals surface area contributed by atoms with Crippen LogP contribution in [0.3, 0.4) is 0 Å². The maximum absolute atomic E-state index is 12.6. The number of esters is 1. The molecule has 1 aliphatic rings. The van der Waals surface area contributed by atoms with E-state index in [1.54, 1.807) is 0 Å². The molecule has 34 heavy (non-hydrogen) atoms. The molecule has 184 valence electrons. The van der Waals surface area contributed by atoms with Gasteiger partial charge in [0.25, 0.3) is 0 Å². The van der Waals surface area contributed by atoms with Crippen molar-refractivity contribution in [2.75, 3.05) is 13.2 Å². The van der Waals surface area contributed by atoms with Gasteiger partial charge in [-0.2, -0.15) is 0 Å². The summed E-state index contributed by atoms with van der Waals surface area (Å²) >= 11 is 0. The number of hydrogen-bond donors (Lipinski definition) is 2. The summed E-state index contributed by atoms with van der Waals surface area (Å²) in [6, 6.07) is 16.5. The van der Waals surface area contributed by atoms with Crippen LogP contribution in [-0.2, 0) is 16.0 Å². The average molecular weight is 465 g/mol. The Kier molecular flexibility index (Phi) is 8.56. The number of nitrogens with two attached hydrogens (primary N) is 2. The van der Waals surface area contributed by atoms with Gasteiger partial charge in [-0.25, -0.2) is 0 Å². The molecule has 0 saturated carbocycles. The number of carbonyl (C=O) groups is 1. The van der Waals surface area contributed by atoms with Gasteiger partial charge in [-0.3, -0.25) is 4.79 Å². The Hall–Kier alpha value is -2.63. The summed E-state index contributed by atoms with van der Waals surface area (Å²) in [7, 11) is 0. The largest absolute Gasteiger partial charge is 0.493 e. The van der Waals surface area contributed by atoms with E-state index in [2.05, 4.69) is 48.5 Å². The van der Waals surface area contributed by atoms with Crippen LogP contribution in [0.2, 0.25) is 0 Å². The molecule has 5 nitrogen and oxygen atoms in total. The topological polar surface area (TPSA) is 87.6 Å². The molecule has 0 saturated heterocycles. The Morgan fingerprint density at radius 1 is 1.03 bits per heavy atom. The van der Waals surface area contributed by atoms with Crippen molar-refractivity contribution in [1.29, 1.82) is 0 Å². The van der Waals surface area contributed by atoms with E-state index in [0.29, 0.717) is 26.1 Å². The van der Waals surface area contributed by atoms with Crippen molar-refractivity contribution in [2.24, 2.45) is 16.9 Å². The molecule has 0 radical (unpaired) electrons. The Morgan fingerprint density at radius 3 is 2.47 bits per heavy atom. The fourth-order valence-corrected chi connectivity index (χ4v) is 4.21. The van der Waals surface area contributed by atoms with E-state index in [9.17, 15) is 4.79 Å². The number of rotatable bonds is 10. The molecule has 0 amide bonds. The lowest BCUT2D eigenvalue weighted by atomic mass is 9.79. The first-order chi connectivity index (χ1) is 16.1. The van der Waals surface area contributed by atoms with Crippen LogP contribution in [0.1, 0.15) is 70.1 Å². The Balaban J connectivity index is 1.49. The second kappa shape index (κ2) is 11.2. The summed E-state index contributed by atoms with van der Waals surface area (Å²) in [5.41, 5.74) is 16.3. The number of benzene rings is 2. The van der Waals surface area contributed by atoms with Crippen molar-refractivity contribution in [2.45, 2.75) is 71.4 Å². The number of allylic oxidation sites excluding steroid dienone is 1. The molecule has 3 rings (SSSR count). The predicted molar refractivity (Wildman–Crippen MR) is 139 cm³/mol. The van der Waals surface area contributed by atoms with Gasteiger partial charge in [0.2, 0.25) is 0 Å². The number of hydrogen-bond acceptors (Lipinski definition) is 5. The lowest BCUT2D eigenvalue weighted by Gasteiger charge is -2.33. The van der Waals surface area contributed by atoms with Gasteiger partial charge in [-0.15, -0.1) is 0 Å². The fourth-order valence-electron chi connectivity index (χ4n) is 4.21. The van der Waals surface area contributed by atoms with Crippen LogP contribution >= 0.6 is 0 Å². The monoisotopic (exact) mass is 464 g/mol. The zero-order valence-corrected chi connectivity index (χ0v) is 21.1. The lowest BCUT2D eigenvalue weighted by molar-refractivity contribution is -0.155. The van der Waals surface area contributed by atoms with Crippen molar-refractivity contribution >= 4 is 17.6 Å². The van der Waals surface area contributed by atoms with Gasteiger partial charge in [0.15, 0.2) is 0 Å². The highest BCUT2D eigenvalue weighted by Gasteiger charge is 2.38. The number of ether oxygens (including phenoxy) is 2. The molecule has 0 heterocycles. The second-order valence-corrected chi connectivity index (χ2v) is 10.6. The molecule has 0 spiro atoms. The third kappa shape index (κ3) is 7.18. The van der Waals surface area contributed by atoms with Crippen molar-refractivity contribution < 1.29 is 14.3 Å². The molecule has 0 aromatic heterocycles. The van der Waals surface area contributed by atoms with Crippen molar-refractivity contribution in [3.8, 4) is 5.75 Å². The first-order valence-electron chi connectivity index (χ1n) is 12.3. The fraction of sp³-hybridized carbons (Fsp3) is 0.483. The molecule has 2 aromatic carbocycles. The van der Waals surface area contributed by atoms with E-state index in [-0.39, 0.29) is 12.0 Å². The van der Waals surface area contributed by atoms with Crippen LogP contribution in [0.15, 0.2) is 48.5 Å². The number of aryl methyl sites for hydroxylation is 1. The molecule has 0 fully saturated rings. The van der Waals surface area contributed by atoms with Gasteiger partial charge in [0.1, 0.15) is 5.75 Å². The van der Waals surface area contributed by atoms with E-state index < -0.39 is 11.0 Å². The molecule has 2 aromatic rings. The highest BCUT2D eigenvalue weighted by atomic mass is 16.5. The summed E-state index contributed by atoms with van der Waals surface area (Å²) in [6.45, 7) is 8.23. The van der Waals surface area contributed by atoms with E-state index in [1.807, 2.05) is 33.8 Å². The highest BCUT2D eigenvalue weighted by molar-refractivity contribution is 5.83. The molecular formula is C29H40N2O3. The van der Waals surface area contributed by atoms with Crippen LogP contribution in [0.5, 0.6) is 5.75 Å². The molecule has 5 heteroatoms. The summed E-state index contributed by atoms with van der Waals surface area (Å²) in [6.07, 6.45) is 6.69. The van der Waals surface area contributed by atoms with Crippen LogP contribution in [-0.4, -0.2) is 30.8 Å². The maximum atomic E-state index is 12.6. The minimum Gasteiger partial charge on any atom is -0.493 e. The first-order valence-corrected chi connectivity index (χ1v) is 12.3. The van der Waals surface area contributed by atoms with Gasteiger partial charge >= 0.3 is 5.97 Å². The lowest BCUT2D eigenvalue weighted by Crippen LogP contribution is -2.50. The third-order valence-electron chi connectivity index (χ3n) is 6.47. The smallest absolute Gasteiger partial charge is 0.313 e. The number of carbonyl (C=O) groups excluding carboxylic acids is 1. The number of fused-ring (bicyclic) bond motifs is 1. The Morgan fingerprint density at radius 2 is 1.76 bits per heavy atom. The van der Waals surface area contributed by atoms with Gasteiger partial charge in [-0.05, 0) is 87.8 Å². The molecule has 1 atom stereocenters. The predicted octanol–water partition coefficient (Wildman–Crippen LogP) is 5.36. The third-order valence-corrected chi connectivity index (χ3v) is 6.47. The standard InChI is InChI=1S/C29H40N2O3/c1-28(2,31)20-26(30)29(3,4)27(32)34-17-9-16-33-25-15-14-24-18-22(12-8-13-23(24)19-25)21-10-6-5-7-11-21/h5-7,10-11,14-15,18-19,26H,8-9,12-13,16-17,20,30-31H2,1-4H3. The van der Waals surface area contributed by atoms with Gasteiger partial charge in [-0.1, -0.05) is 42.5 Å². The molecule has 0 aliphatic heterocycles. The van der Waals surface area contributed by atoms with Crippen molar-refractivity contribution in [3.05, 3.63) is 65.2 Å². The molecule has 0 bridgehead atoms. The summed E-state index contributed by atoms with van der Waals surface area (Å²) in [5.74, 6) is 0.560. The first kappa shape index (κ1) is 26.0. The summed E-state index contributed by atoms with van der Waals surface area (Å²) in [4.78, 5) is 12.6.